The van der Waals surface area contributed by atoms with Crippen molar-refractivity contribution in [2.75, 3.05) is 13.2 Å². The second-order valence-electron chi connectivity index (χ2n) is 7.14. The Balaban J connectivity index is 1.65. The number of aryl methyl sites for hydroxylation is 1. The molecule has 0 amide bonds. The van der Waals surface area contributed by atoms with Gasteiger partial charge in [-0.05, 0) is 50.1 Å². The van der Waals surface area contributed by atoms with Gasteiger partial charge in [0, 0.05) is 5.56 Å². The highest BCUT2D eigenvalue weighted by Gasteiger charge is 2.35. The Kier molecular flexibility index (Phi) is 5.33. The van der Waals surface area contributed by atoms with Crippen LogP contribution in [0.15, 0.2) is 48.5 Å². The van der Waals surface area contributed by atoms with Crippen LogP contribution in [0, 0.1) is 18.8 Å². The van der Waals surface area contributed by atoms with Crippen LogP contribution in [0.2, 0.25) is 0 Å². The van der Waals surface area contributed by atoms with Crippen molar-refractivity contribution in [3.63, 3.8) is 0 Å². The molecule has 0 spiro atoms. The van der Waals surface area contributed by atoms with Crippen LogP contribution < -0.4 is 10.5 Å². The zero-order valence-corrected chi connectivity index (χ0v) is 15.5. The molecule has 0 saturated carbocycles. The molecule has 1 aliphatic heterocycles. The fourth-order valence-corrected chi connectivity index (χ4v) is 2.58. The number of nitrogens with two attached hydrogens (primary N) is 1. The average molecular weight is 351 g/mol. The summed E-state index contributed by atoms with van der Waals surface area (Å²) in [5.41, 5.74) is 8.54. The van der Waals surface area contributed by atoms with Crippen LogP contribution >= 0.6 is 0 Å². The summed E-state index contributed by atoms with van der Waals surface area (Å²) >= 11 is 0. The fourth-order valence-electron chi connectivity index (χ4n) is 2.58. The Hall–Kier alpha value is -2.32. The summed E-state index contributed by atoms with van der Waals surface area (Å²) in [5.74, 6) is 6.48. The number of hydrogen-bond acceptors (Lipinski definition) is 4. The maximum atomic E-state index is 6.26. The second-order valence-corrected chi connectivity index (χ2v) is 7.14. The maximum Gasteiger partial charge on any atom is 0.163 e. The van der Waals surface area contributed by atoms with E-state index in [1.165, 1.54) is 0 Å². The maximum absolute atomic E-state index is 6.26. The lowest BCUT2D eigenvalue weighted by Crippen LogP contribution is -2.56. The summed E-state index contributed by atoms with van der Waals surface area (Å²) in [4.78, 5) is 0. The standard InChI is InChI=1S/C22H25NO3/c1-17-13-18(11-12-22(23)15-25-21(2,3)26-16-22)9-10-20(17)24-14-19-7-5-4-6-8-19/h4-10,13H,14-16,23H2,1-3H3. The van der Waals surface area contributed by atoms with Gasteiger partial charge in [-0.2, -0.15) is 0 Å². The van der Waals surface area contributed by atoms with Gasteiger partial charge in [0.15, 0.2) is 5.79 Å². The van der Waals surface area contributed by atoms with Gasteiger partial charge in [-0.1, -0.05) is 42.2 Å². The van der Waals surface area contributed by atoms with Crippen LogP contribution in [0.25, 0.3) is 0 Å². The van der Waals surface area contributed by atoms with Crippen LogP contribution in [0.5, 0.6) is 5.75 Å². The lowest BCUT2D eigenvalue weighted by Gasteiger charge is -2.38. The van der Waals surface area contributed by atoms with Crippen molar-refractivity contribution in [1.29, 1.82) is 0 Å². The summed E-state index contributed by atoms with van der Waals surface area (Å²) in [5, 5.41) is 0. The summed E-state index contributed by atoms with van der Waals surface area (Å²) < 4.78 is 17.1. The second kappa shape index (κ2) is 7.51. The van der Waals surface area contributed by atoms with Gasteiger partial charge in [-0.3, -0.25) is 0 Å². The van der Waals surface area contributed by atoms with E-state index in [4.69, 9.17) is 19.9 Å². The van der Waals surface area contributed by atoms with Crippen LogP contribution in [0.3, 0.4) is 0 Å². The van der Waals surface area contributed by atoms with Crippen molar-refractivity contribution in [3.8, 4) is 17.6 Å². The lowest BCUT2D eigenvalue weighted by molar-refractivity contribution is -0.259. The SMILES string of the molecule is Cc1cc(C#CC2(N)COC(C)(C)OC2)ccc1OCc1ccccc1. The molecule has 4 nitrogen and oxygen atoms in total. The Morgan fingerprint density at radius 3 is 2.42 bits per heavy atom. The van der Waals surface area contributed by atoms with Crippen molar-refractivity contribution in [3.05, 3.63) is 65.2 Å². The minimum Gasteiger partial charge on any atom is -0.489 e. The van der Waals surface area contributed by atoms with Crippen molar-refractivity contribution in [1.82, 2.24) is 0 Å². The first-order valence-electron chi connectivity index (χ1n) is 8.73. The first kappa shape index (κ1) is 18.5. The van der Waals surface area contributed by atoms with Crippen molar-refractivity contribution >= 4 is 0 Å². The molecule has 1 aliphatic rings. The molecular weight excluding hydrogens is 326 g/mol. The molecule has 0 aliphatic carbocycles. The Morgan fingerprint density at radius 1 is 1.08 bits per heavy atom. The van der Waals surface area contributed by atoms with Gasteiger partial charge in [0.25, 0.3) is 0 Å². The molecule has 0 radical (unpaired) electrons. The quantitative estimate of drug-likeness (QED) is 0.861. The van der Waals surface area contributed by atoms with Crippen molar-refractivity contribution < 1.29 is 14.2 Å². The third kappa shape index (κ3) is 4.86. The van der Waals surface area contributed by atoms with Gasteiger partial charge in [0.2, 0.25) is 0 Å². The molecule has 1 heterocycles. The number of benzene rings is 2. The highest BCUT2D eigenvalue weighted by Crippen LogP contribution is 2.22. The topological polar surface area (TPSA) is 53.7 Å². The van der Waals surface area contributed by atoms with Gasteiger partial charge in [0.05, 0.1) is 13.2 Å². The Labute approximate surface area is 155 Å². The van der Waals surface area contributed by atoms with Crippen molar-refractivity contribution in [2.24, 2.45) is 5.73 Å². The van der Waals surface area contributed by atoms with Gasteiger partial charge in [-0.25, -0.2) is 0 Å². The van der Waals surface area contributed by atoms with Crippen LogP contribution in [0.4, 0.5) is 0 Å². The average Bonchev–Trinajstić information content (AvgIpc) is 2.63. The van der Waals surface area contributed by atoms with E-state index in [1.54, 1.807) is 0 Å². The minimum absolute atomic E-state index is 0.351. The van der Waals surface area contributed by atoms with Crippen molar-refractivity contribution in [2.45, 2.75) is 38.7 Å². The zero-order valence-electron chi connectivity index (χ0n) is 15.5. The lowest BCUT2D eigenvalue weighted by atomic mass is 10.0. The molecular formula is C22H25NO3. The van der Waals surface area contributed by atoms with Crippen LogP contribution in [-0.4, -0.2) is 24.5 Å². The molecule has 3 rings (SSSR count). The summed E-state index contributed by atoms with van der Waals surface area (Å²) in [6.45, 7) is 7.01. The van der Waals surface area contributed by atoms with Gasteiger partial charge in [-0.15, -0.1) is 0 Å². The smallest absolute Gasteiger partial charge is 0.163 e. The highest BCUT2D eigenvalue weighted by atomic mass is 16.7. The largest absolute Gasteiger partial charge is 0.489 e. The number of rotatable bonds is 3. The van der Waals surface area contributed by atoms with E-state index in [0.717, 1.165) is 22.4 Å². The number of ether oxygens (including phenoxy) is 3. The Morgan fingerprint density at radius 2 is 1.77 bits per heavy atom. The molecule has 2 aromatic rings. The summed E-state index contributed by atoms with van der Waals surface area (Å²) in [6, 6.07) is 16.0. The van der Waals surface area contributed by atoms with E-state index >= 15 is 0 Å². The van der Waals surface area contributed by atoms with E-state index in [-0.39, 0.29) is 0 Å². The highest BCUT2D eigenvalue weighted by molar-refractivity contribution is 5.44. The van der Waals surface area contributed by atoms with E-state index < -0.39 is 11.3 Å². The molecule has 136 valence electrons. The Bertz CT molecular complexity index is 808. The van der Waals surface area contributed by atoms with Crippen LogP contribution in [-0.2, 0) is 16.1 Å². The first-order valence-corrected chi connectivity index (χ1v) is 8.73. The minimum atomic E-state index is -0.786. The van der Waals surface area contributed by atoms with Crippen LogP contribution in [0.1, 0.15) is 30.5 Å². The van der Waals surface area contributed by atoms with Gasteiger partial charge in [0.1, 0.15) is 17.9 Å². The third-order valence-corrected chi connectivity index (χ3v) is 4.22. The molecule has 1 fully saturated rings. The molecule has 0 atom stereocenters. The predicted molar refractivity (Wildman–Crippen MR) is 102 cm³/mol. The molecule has 2 aromatic carbocycles. The summed E-state index contributed by atoms with van der Waals surface area (Å²) in [7, 11) is 0. The van der Waals surface area contributed by atoms with Gasteiger partial charge < -0.3 is 19.9 Å². The van der Waals surface area contributed by atoms with E-state index in [0.29, 0.717) is 19.8 Å². The molecule has 1 saturated heterocycles. The molecule has 0 aromatic heterocycles. The molecule has 4 heteroatoms. The summed E-state index contributed by atoms with van der Waals surface area (Å²) in [6.07, 6.45) is 0. The number of hydrogen-bond donors (Lipinski definition) is 1. The first-order chi connectivity index (χ1) is 12.4. The monoisotopic (exact) mass is 351 g/mol. The predicted octanol–water partition coefficient (Wildman–Crippen LogP) is 3.41. The molecule has 26 heavy (non-hydrogen) atoms. The van der Waals surface area contributed by atoms with E-state index in [1.807, 2.05) is 69.3 Å². The van der Waals surface area contributed by atoms with E-state index in [9.17, 15) is 0 Å². The molecule has 2 N–H and O–H groups in total. The van der Waals surface area contributed by atoms with Gasteiger partial charge >= 0.3 is 0 Å². The normalized spacial score (nSPS) is 17.8. The third-order valence-electron chi connectivity index (χ3n) is 4.22. The molecule has 0 bridgehead atoms. The van der Waals surface area contributed by atoms with E-state index in [2.05, 4.69) is 11.8 Å². The fraction of sp³-hybridized carbons (Fsp3) is 0.364. The zero-order chi connectivity index (χ0) is 18.6. The molecule has 0 unspecified atom stereocenters.